The molecule has 0 spiro atoms. The third-order valence-electron chi connectivity index (χ3n) is 4.30. The minimum absolute atomic E-state index is 0.311. The second-order valence-electron chi connectivity index (χ2n) is 6.55. The van der Waals surface area contributed by atoms with Gasteiger partial charge in [0.1, 0.15) is 5.75 Å². The van der Waals surface area contributed by atoms with E-state index < -0.39 is 5.97 Å². The molecule has 2 aromatic heterocycles. The lowest BCUT2D eigenvalue weighted by Crippen LogP contribution is -2.05. The molecule has 0 aliphatic heterocycles. The summed E-state index contributed by atoms with van der Waals surface area (Å²) >= 11 is 1.49. The summed E-state index contributed by atoms with van der Waals surface area (Å²) in [5, 5.41) is 6.96. The van der Waals surface area contributed by atoms with E-state index in [0.717, 1.165) is 16.8 Å². The molecule has 0 saturated carbocycles. The zero-order valence-corrected chi connectivity index (χ0v) is 18.1. The number of carbonyl (C=O) groups is 1. The van der Waals surface area contributed by atoms with Crippen LogP contribution in [0.15, 0.2) is 83.4 Å². The van der Waals surface area contributed by atoms with Gasteiger partial charge in [0, 0.05) is 23.2 Å². The van der Waals surface area contributed by atoms with Crippen LogP contribution in [0.25, 0.3) is 11.3 Å². The van der Waals surface area contributed by atoms with Crippen LogP contribution in [0.4, 0.5) is 5.13 Å². The average molecular weight is 445 g/mol. The van der Waals surface area contributed by atoms with Crippen LogP contribution in [0.2, 0.25) is 0 Å². The van der Waals surface area contributed by atoms with Gasteiger partial charge in [-0.25, -0.2) is 14.8 Å². The summed E-state index contributed by atoms with van der Waals surface area (Å²) in [5.74, 6) is 0.502. The van der Waals surface area contributed by atoms with Gasteiger partial charge in [0.25, 0.3) is 0 Å². The van der Waals surface area contributed by atoms with Gasteiger partial charge in [-0.15, -0.1) is 11.3 Å². The number of rotatable bonds is 8. The number of benzene rings is 2. The molecule has 4 aromatic rings. The number of anilines is 1. The molecule has 0 radical (unpaired) electrons. The minimum Gasteiger partial charge on any atom is -0.462 e. The highest BCUT2D eigenvalue weighted by Crippen LogP contribution is 2.24. The first-order valence-electron chi connectivity index (χ1n) is 9.92. The van der Waals surface area contributed by atoms with Crippen LogP contribution in [-0.4, -0.2) is 28.8 Å². The van der Waals surface area contributed by atoms with Crippen molar-refractivity contribution in [2.24, 2.45) is 5.10 Å². The molecule has 8 heteroatoms. The maximum absolute atomic E-state index is 11.8. The molecule has 0 bridgehead atoms. The molecular formula is C24H20N4O3S. The zero-order chi connectivity index (χ0) is 22.2. The second kappa shape index (κ2) is 10.3. The van der Waals surface area contributed by atoms with Crippen LogP contribution in [0.3, 0.4) is 0 Å². The largest absolute Gasteiger partial charge is 0.462 e. The number of pyridine rings is 1. The van der Waals surface area contributed by atoms with Gasteiger partial charge in [-0.05, 0) is 42.8 Å². The molecule has 0 fully saturated rings. The Labute approximate surface area is 189 Å². The normalized spacial score (nSPS) is 10.8. The molecular weight excluding hydrogens is 424 g/mol. The maximum Gasteiger partial charge on any atom is 0.338 e. The molecule has 2 aromatic carbocycles. The molecule has 0 saturated heterocycles. The Balaban J connectivity index is 1.34. The van der Waals surface area contributed by atoms with Crippen molar-refractivity contribution < 1.29 is 14.3 Å². The molecule has 32 heavy (non-hydrogen) atoms. The van der Waals surface area contributed by atoms with Crippen LogP contribution >= 0.6 is 11.3 Å². The Morgan fingerprint density at radius 3 is 2.72 bits per heavy atom. The van der Waals surface area contributed by atoms with Gasteiger partial charge in [-0.2, -0.15) is 5.10 Å². The van der Waals surface area contributed by atoms with Crippen molar-refractivity contribution in [3.8, 4) is 22.9 Å². The SMILES string of the molecule is CCOC(=O)c1ccnc(Oc2ccc(C=NNc3nc(-c4ccccc4)cs3)cc2)c1. The molecule has 0 amide bonds. The van der Waals surface area contributed by atoms with Crippen LogP contribution in [0.1, 0.15) is 22.8 Å². The number of carbonyl (C=O) groups excluding carboxylic acids is 1. The summed E-state index contributed by atoms with van der Waals surface area (Å²) < 4.78 is 10.7. The lowest BCUT2D eigenvalue weighted by Gasteiger charge is -2.06. The smallest absolute Gasteiger partial charge is 0.338 e. The van der Waals surface area contributed by atoms with Gasteiger partial charge in [-0.3, -0.25) is 5.43 Å². The fourth-order valence-corrected chi connectivity index (χ4v) is 3.45. The number of nitrogens with one attached hydrogen (secondary N) is 1. The number of hydrogen-bond donors (Lipinski definition) is 1. The van der Waals surface area contributed by atoms with Crippen molar-refractivity contribution in [1.29, 1.82) is 0 Å². The van der Waals surface area contributed by atoms with Crippen molar-refractivity contribution >= 4 is 28.7 Å². The van der Waals surface area contributed by atoms with E-state index in [0.29, 0.717) is 28.9 Å². The van der Waals surface area contributed by atoms with Crippen molar-refractivity contribution in [1.82, 2.24) is 9.97 Å². The standard InChI is InChI=1S/C24H20N4O3S/c1-2-30-23(29)19-12-13-25-22(14-19)31-20-10-8-17(9-11-20)15-26-28-24-27-21(16-32-24)18-6-4-3-5-7-18/h3-16H,2H2,1H3,(H,27,28). The van der Waals surface area contributed by atoms with Crippen molar-refractivity contribution in [3.05, 3.63) is 89.4 Å². The summed E-state index contributed by atoms with van der Waals surface area (Å²) in [6, 6.07) is 20.5. The van der Waals surface area contributed by atoms with E-state index in [1.807, 2.05) is 47.8 Å². The molecule has 7 nitrogen and oxygen atoms in total. The number of thiazole rings is 1. The van der Waals surface area contributed by atoms with Crippen LogP contribution in [-0.2, 0) is 4.74 Å². The topological polar surface area (TPSA) is 85.7 Å². The number of aromatic nitrogens is 2. The Kier molecular flexibility index (Phi) is 6.84. The van der Waals surface area contributed by atoms with Crippen LogP contribution in [0, 0.1) is 0 Å². The number of esters is 1. The summed E-state index contributed by atoms with van der Waals surface area (Å²) in [5.41, 5.74) is 6.22. The van der Waals surface area contributed by atoms with E-state index in [2.05, 4.69) is 20.5 Å². The number of hydrogen-bond acceptors (Lipinski definition) is 8. The van der Waals surface area contributed by atoms with Gasteiger partial charge < -0.3 is 9.47 Å². The van der Waals surface area contributed by atoms with E-state index in [1.165, 1.54) is 17.5 Å². The minimum atomic E-state index is -0.407. The average Bonchev–Trinajstić information content (AvgIpc) is 3.30. The zero-order valence-electron chi connectivity index (χ0n) is 17.3. The van der Waals surface area contributed by atoms with Gasteiger partial charge in [0.15, 0.2) is 0 Å². The molecule has 0 aliphatic carbocycles. The molecule has 1 N–H and O–H groups in total. The fraction of sp³-hybridized carbons (Fsp3) is 0.0833. The van der Waals surface area contributed by atoms with Gasteiger partial charge in [0.05, 0.1) is 24.1 Å². The highest BCUT2D eigenvalue weighted by Gasteiger charge is 2.09. The highest BCUT2D eigenvalue weighted by molar-refractivity contribution is 7.14. The van der Waals surface area contributed by atoms with Gasteiger partial charge in [0.2, 0.25) is 11.0 Å². The molecule has 0 aliphatic rings. The van der Waals surface area contributed by atoms with E-state index in [1.54, 1.807) is 37.4 Å². The summed E-state index contributed by atoms with van der Waals surface area (Å²) in [6.07, 6.45) is 3.21. The van der Waals surface area contributed by atoms with Crippen molar-refractivity contribution in [2.45, 2.75) is 6.92 Å². The summed E-state index contributed by atoms with van der Waals surface area (Å²) in [7, 11) is 0. The first-order chi connectivity index (χ1) is 15.7. The molecule has 0 atom stereocenters. The quantitative estimate of drug-likeness (QED) is 0.216. The predicted molar refractivity (Wildman–Crippen MR) is 125 cm³/mol. The fourth-order valence-electron chi connectivity index (χ4n) is 2.78. The van der Waals surface area contributed by atoms with E-state index in [-0.39, 0.29) is 0 Å². The third-order valence-corrected chi connectivity index (χ3v) is 5.04. The van der Waals surface area contributed by atoms with Crippen LogP contribution in [0.5, 0.6) is 11.6 Å². The van der Waals surface area contributed by atoms with Gasteiger partial charge >= 0.3 is 5.97 Å². The molecule has 160 valence electrons. The Hall–Kier alpha value is -4.04. The Bertz CT molecular complexity index is 1210. The van der Waals surface area contributed by atoms with Gasteiger partial charge in [-0.1, -0.05) is 30.3 Å². The summed E-state index contributed by atoms with van der Waals surface area (Å²) in [4.78, 5) is 20.5. The third kappa shape index (κ3) is 5.55. The maximum atomic E-state index is 11.8. The molecule has 4 rings (SSSR count). The molecule has 0 unspecified atom stereocenters. The van der Waals surface area contributed by atoms with Crippen molar-refractivity contribution in [2.75, 3.05) is 12.0 Å². The number of hydrazone groups is 1. The van der Waals surface area contributed by atoms with E-state index in [4.69, 9.17) is 9.47 Å². The number of nitrogens with zero attached hydrogens (tertiary/aromatic N) is 3. The second-order valence-corrected chi connectivity index (χ2v) is 7.41. The van der Waals surface area contributed by atoms with E-state index >= 15 is 0 Å². The lowest BCUT2D eigenvalue weighted by molar-refractivity contribution is 0.0526. The summed E-state index contributed by atoms with van der Waals surface area (Å²) in [6.45, 7) is 2.07. The van der Waals surface area contributed by atoms with E-state index in [9.17, 15) is 4.79 Å². The Morgan fingerprint density at radius 1 is 1.12 bits per heavy atom. The molecule has 2 heterocycles. The first-order valence-corrected chi connectivity index (χ1v) is 10.8. The lowest BCUT2D eigenvalue weighted by atomic mass is 10.2. The van der Waals surface area contributed by atoms with Crippen molar-refractivity contribution in [3.63, 3.8) is 0 Å². The highest BCUT2D eigenvalue weighted by atomic mass is 32.1. The monoisotopic (exact) mass is 444 g/mol. The first kappa shape index (κ1) is 21.2. The Morgan fingerprint density at radius 2 is 1.94 bits per heavy atom. The predicted octanol–water partition coefficient (Wildman–Crippen LogP) is 5.62. The number of ether oxygens (including phenoxy) is 2. The van der Waals surface area contributed by atoms with Crippen LogP contribution < -0.4 is 10.2 Å².